The molecule has 0 aliphatic rings. The maximum atomic E-state index is 9.08. The second-order valence-electron chi connectivity index (χ2n) is 4.42. The van der Waals surface area contributed by atoms with Crippen LogP contribution in [-0.2, 0) is 6.42 Å². The highest BCUT2D eigenvalue weighted by atomic mass is 16.3. The lowest BCUT2D eigenvalue weighted by Crippen LogP contribution is -2.42. The summed E-state index contributed by atoms with van der Waals surface area (Å²) in [5.41, 5.74) is 9.11. The molecule has 3 N–H and O–H groups in total. The van der Waals surface area contributed by atoms with E-state index in [-0.39, 0.29) is 6.61 Å². The molecule has 1 aromatic rings. The molecule has 0 bridgehead atoms. The van der Waals surface area contributed by atoms with Gasteiger partial charge in [0.2, 0.25) is 0 Å². The fourth-order valence-electron chi connectivity index (χ4n) is 1.54. The smallest absolute Gasteiger partial charge is 0.0611 e. The fraction of sp³-hybridized carbons (Fsp3) is 0.500. The number of aliphatic hydroxyl groups excluding tert-OH is 1. The molecule has 0 radical (unpaired) electrons. The zero-order valence-corrected chi connectivity index (χ0v) is 9.17. The van der Waals surface area contributed by atoms with E-state index in [1.165, 1.54) is 16.7 Å². The van der Waals surface area contributed by atoms with Crippen LogP contribution in [0, 0.1) is 13.8 Å². The van der Waals surface area contributed by atoms with Gasteiger partial charge in [-0.2, -0.15) is 0 Å². The van der Waals surface area contributed by atoms with Crippen molar-refractivity contribution in [1.29, 1.82) is 0 Å². The average Bonchev–Trinajstić information content (AvgIpc) is 2.10. The SMILES string of the molecule is Cc1ccc(CC(C)(N)CO)c(C)c1. The Morgan fingerprint density at radius 3 is 2.50 bits per heavy atom. The third-order valence-corrected chi connectivity index (χ3v) is 2.45. The van der Waals surface area contributed by atoms with Crippen LogP contribution in [0.5, 0.6) is 0 Å². The van der Waals surface area contributed by atoms with Crippen LogP contribution >= 0.6 is 0 Å². The molecule has 0 amide bonds. The van der Waals surface area contributed by atoms with Crippen LogP contribution in [0.4, 0.5) is 0 Å². The van der Waals surface area contributed by atoms with E-state index >= 15 is 0 Å². The summed E-state index contributed by atoms with van der Waals surface area (Å²) in [4.78, 5) is 0. The predicted molar refractivity (Wildman–Crippen MR) is 59.3 cm³/mol. The van der Waals surface area contributed by atoms with Gasteiger partial charge < -0.3 is 10.8 Å². The number of hydrogen-bond acceptors (Lipinski definition) is 2. The molecule has 0 spiro atoms. The Morgan fingerprint density at radius 1 is 1.36 bits per heavy atom. The lowest BCUT2D eigenvalue weighted by molar-refractivity contribution is 0.208. The van der Waals surface area contributed by atoms with Gasteiger partial charge in [0, 0.05) is 5.54 Å². The van der Waals surface area contributed by atoms with Crippen LogP contribution in [0.15, 0.2) is 18.2 Å². The molecule has 1 rings (SSSR count). The molecule has 78 valence electrons. The molecule has 0 heterocycles. The topological polar surface area (TPSA) is 46.2 Å². The van der Waals surface area contributed by atoms with E-state index in [1.807, 2.05) is 6.92 Å². The van der Waals surface area contributed by atoms with Crippen molar-refractivity contribution < 1.29 is 5.11 Å². The second kappa shape index (κ2) is 4.11. The van der Waals surface area contributed by atoms with Crippen LogP contribution in [-0.4, -0.2) is 17.3 Å². The molecule has 14 heavy (non-hydrogen) atoms. The lowest BCUT2D eigenvalue weighted by Gasteiger charge is -2.22. The highest BCUT2D eigenvalue weighted by molar-refractivity contribution is 5.31. The maximum Gasteiger partial charge on any atom is 0.0611 e. The Kier molecular flexibility index (Phi) is 3.29. The van der Waals surface area contributed by atoms with Gasteiger partial charge in [-0.15, -0.1) is 0 Å². The van der Waals surface area contributed by atoms with E-state index in [9.17, 15) is 0 Å². The van der Waals surface area contributed by atoms with Gasteiger partial charge in [-0.1, -0.05) is 23.8 Å². The van der Waals surface area contributed by atoms with Crippen molar-refractivity contribution >= 4 is 0 Å². The van der Waals surface area contributed by atoms with E-state index < -0.39 is 5.54 Å². The van der Waals surface area contributed by atoms with Gasteiger partial charge >= 0.3 is 0 Å². The average molecular weight is 193 g/mol. The fourth-order valence-corrected chi connectivity index (χ4v) is 1.54. The van der Waals surface area contributed by atoms with E-state index in [2.05, 4.69) is 32.0 Å². The second-order valence-corrected chi connectivity index (χ2v) is 4.42. The summed E-state index contributed by atoms with van der Waals surface area (Å²) in [5.74, 6) is 0. The minimum absolute atomic E-state index is 0.0142. The Bertz CT molecular complexity index is 318. The van der Waals surface area contributed by atoms with Crippen molar-refractivity contribution in [3.05, 3.63) is 34.9 Å². The number of aliphatic hydroxyl groups is 1. The first-order valence-corrected chi connectivity index (χ1v) is 4.90. The summed E-state index contributed by atoms with van der Waals surface area (Å²) < 4.78 is 0. The third kappa shape index (κ3) is 2.82. The minimum Gasteiger partial charge on any atom is -0.394 e. The Morgan fingerprint density at radius 2 is 2.00 bits per heavy atom. The number of hydrogen-bond donors (Lipinski definition) is 2. The minimum atomic E-state index is -0.514. The number of nitrogens with two attached hydrogens (primary N) is 1. The summed E-state index contributed by atoms with van der Waals surface area (Å²) in [6.45, 7) is 6.03. The summed E-state index contributed by atoms with van der Waals surface area (Å²) in [5, 5.41) is 9.08. The van der Waals surface area contributed by atoms with E-state index in [0.29, 0.717) is 0 Å². The van der Waals surface area contributed by atoms with Crippen LogP contribution in [0.3, 0.4) is 0 Å². The van der Waals surface area contributed by atoms with Crippen LogP contribution in [0.25, 0.3) is 0 Å². The molecule has 1 unspecified atom stereocenters. The van der Waals surface area contributed by atoms with Crippen molar-refractivity contribution in [3.63, 3.8) is 0 Å². The monoisotopic (exact) mass is 193 g/mol. The van der Waals surface area contributed by atoms with Crippen LogP contribution in [0.1, 0.15) is 23.6 Å². The van der Waals surface area contributed by atoms with Gasteiger partial charge in [-0.05, 0) is 38.3 Å². The molecule has 2 heteroatoms. The van der Waals surface area contributed by atoms with Gasteiger partial charge in [-0.3, -0.25) is 0 Å². The normalized spacial score (nSPS) is 15.2. The van der Waals surface area contributed by atoms with Crippen molar-refractivity contribution in [2.75, 3.05) is 6.61 Å². The summed E-state index contributed by atoms with van der Waals surface area (Å²) in [7, 11) is 0. The van der Waals surface area contributed by atoms with Crippen LogP contribution in [0.2, 0.25) is 0 Å². The molecule has 0 saturated heterocycles. The first-order valence-electron chi connectivity index (χ1n) is 4.90. The van der Waals surface area contributed by atoms with Crippen molar-refractivity contribution in [3.8, 4) is 0 Å². The molecule has 0 aromatic heterocycles. The third-order valence-electron chi connectivity index (χ3n) is 2.45. The van der Waals surface area contributed by atoms with Crippen LogP contribution < -0.4 is 5.73 Å². The molecular formula is C12H19NO. The van der Waals surface area contributed by atoms with Gasteiger partial charge in [0.25, 0.3) is 0 Å². The van der Waals surface area contributed by atoms with E-state index in [0.717, 1.165) is 6.42 Å². The van der Waals surface area contributed by atoms with Gasteiger partial charge in [0.05, 0.1) is 6.61 Å². The number of aryl methyl sites for hydroxylation is 2. The molecule has 1 atom stereocenters. The Balaban J connectivity index is 2.87. The highest BCUT2D eigenvalue weighted by Crippen LogP contribution is 2.15. The van der Waals surface area contributed by atoms with Gasteiger partial charge in [0.15, 0.2) is 0 Å². The van der Waals surface area contributed by atoms with Crippen molar-refractivity contribution in [2.24, 2.45) is 5.73 Å². The summed E-state index contributed by atoms with van der Waals surface area (Å²) in [6.07, 6.45) is 0.718. The Hall–Kier alpha value is -0.860. The molecule has 0 saturated carbocycles. The molecule has 0 aliphatic carbocycles. The lowest BCUT2D eigenvalue weighted by atomic mass is 9.91. The standard InChI is InChI=1S/C12H19NO/c1-9-4-5-11(10(2)6-9)7-12(3,13)8-14/h4-6,14H,7-8,13H2,1-3H3. The molecule has 1 aromatic carbocycles. The molecule has 0 aliphatic heterocycles. The van der Waals surface area contributed by atoms with Gasteiger partial charge in [0.1, 0.15) is 0 Å². The highest BCUT2D eigenvalue weighted by Gasteiger charge is 2.18. The Labute approximate surface area is 85.8 Å². The summed E-state index contributed by atoms with van der Waals surface area (Å²) >= 11 is 0. The number of benzene rings is 1. The largest absolute Gasteiger partial charge is 0.394 e. The summed E-state index contributed by atoms with van der Waals surface area (Å²) in [6, 6.07) is 6.31. The molecular weight excluding hydrogens is 174 g/mol. The first kappa shape index (κ1) is 11.2. The van der Waals surface area contributed by atoms with E-state index in [1.54, 1.807) is 0 Å². The molecule has 0 fully saturated rings. The zero-order valence-electron chi connectivity index (χ0n) is 9.17. The van der Waals surface area contributed by atoms with Crippen molar-refractivity contribution in [1.82, 2.24) is 0 Å². The van der Waals surface area contributed by atoms with Gasteiger partial charge in [-0.25, -0.2) is 0 Å². The molecule has 2 nitrogen and oxygen atoms in total. The first-order chi connectivity index (χ1) is 6.44. The maximum absolute atomic E-state index is 9.08. The number of rotatable bonds is 3. The zero-order chi connectivity index (χ0) is 10.8. The predicted octanol–water partition coefficient (Wildman–Crippen LogP) is 1.56. The van der Waals surface area contributed by atoms with Crippen molar-refractivity contribution in [2.45, 2.75) is 32.7 Å². The quantitative estimate of drug-likeness (QED) is 0.765. The van der Waals surface area contributed by atoms with E-state index in [4.69, 9.17) is 10.8 Å².